The lowest BCUT2D eigenvalue weighted by molar-refractivity contribution is -0.117. The van der Waals surface area contributed by atoms with Crippen molar-refractivity contribution in [3.8, 4) is 22.9 Å². The molecule has 1 aliphatic rings. The van der Waals surface area contributed by atoms with E-state index in [9.17, 15) is 9.18 Å². The Hall–Kier alpha value is -3.42. The lowest BCUT2D eigenvalue weighted by Gasteiger charge is -2.20. The molecule has 0 spiro atoms. The minimum Gasteiger partial charge on any atom is -0.497 e. The van der Waals surface area contributed by atoms with Crippen LogP contribution in [-0.2, 0) is 4.79 Å². The molecule has 1 unspecified atom stereocenters. The maximum Gasteiger partial charge on any atom is 0.232 e. The highest BCUT2D eigenvalue weighted by Crippen LogP contribution is 2.38. The third-order valence-electron chi connectivity index (χ3n) is 4.68. The Morgan fingerprint density at radius 3 is 2.79 bits per heavy atom. The van der Waals surface area contributed by atoms with Crippen LogP contribution in [0.5, 0.6) is 11.5 Å². The van der Waals surface area contributed by atoms with Crippen LogP contribution in [0.25, 0.3) is 11.4 Å². The van der Waals surface area contributed by atoms with Crippen molar-refractivity contribution in [2.45, 2.75) is 12.3 Å². The van der Waals surface area contributed by atoms with E-state index < -0.39 is 0 Å². The third kappa shape index (κ3) is 3.28. The molecule has 0 bridgehead atoms. The highest BCUT2D eigenvalue weighted by Gasteiger charge is 2.36. The highest BCUT2D eigenvalue weighted by atomic mass is 19.1. The van der Waals surface area contributed by atoms with Crippen molar-refractivity contribution in [2.24, 2.45) is 0 Å². The van der Waals surface area contributed by atoms with Crippen LogP contribution in [0.2, 0.25) is 0 Å². The summed E-state index contributed by atoms with van der Waals surface area (Å²) in [6.45, 7) is 0.368. The number of carbonyl (C=O) groups excluding carboxylic acids is 1. The summed E-state index contributed by atoms with van der Waals surface area (Å²) in [6.07, 6.45) is 0.227. The maximum absolute atomic E-state index is 13.4. The molecule has 1 amide bonds. The molecule has 4 rings (SSSR count). The summed E-state index contributed by atoms with van der Waals surface area (Å²) in [6, 6.07) is 11.2. The summed E-state index contributed by atoms with van der Waals surface area (Å²) >= 11 is 0. The van der Waals surface area contributed by atoms with Gasteiger partial charge in [-0.15, -0.1) is 0 Å². The first-order chi connectivity index (χ1) is 13.6. The zero-order valence-corrected chi connectivity index (χ0v) is 15.4. The Morgan fingerprint density at radius 2 is 2.04 bits per heavy atom. The number of carbonyl (C=O) groups is 1. The van der Waals surface area contributed by atoms with Crippen LogP contribution >= 0.6 is 0 Å². The second-order valence-electron chi connectivity index (χ2n) is 6.41. The van der Waals surface area contributed by atoms with E-state index in [1.165, 1.54) is 12.1 Å². The highest BCUT2D eigenvalue weighted by molar-refractivity contribution is 5.98. The molecule has 1 saturated heterocycles. The number of hydrogen-bond donors (Lipinski definition) is 0. The average molecular weight is 383 g/mol. The van der Waals surface area contributed by atoms with Crippen LogP contribution in [0.15, 0.2) is 47.0 Å². The summed E-state index contributed by atoms with van der Waals surface area (Å²) in [4.78, 5) is 18.6. The molecule has 8 heteroatoms. The number of rotatable bonds is 5. The van der Waals surface area contributed by atoms with E-state index in [2.05, 4.69) is 10.1 Å². The molecule has 3 aromatic rings. The molecule has 1 aliphatic heterocycles. The van der Waals surface area contributed by atoms with E-state index in [4.69, 9.17) is 14.0 Å². The molecule has 28 heavy (non-hydrogen) atoms. The minimum atomic E-state index is -0.379. The summed E-state index contributed by atoms with van der Waals surface area (Å²) in [5.41, 5.74) is 1.14. The standard InChI is InChI=1S/C20H18FN3O4/c1-26-15-6-7-17(27-2)16(10-15)24-11-13(9-18(24)25)20-22-19(23-28-20)12-4-3-5-14(21)8-12/h3-8,10,13H,9,11H2,1-2H3. The van der Waals surface area contributed by atoms with Gasteiger partial charge in [0.15, 0.2) is 0 Å². The van der Waals surface area contributed by atoms with E-state index in [1.807, 2.05) is 0 Å². The molecule has 0 aliphatic carbocycles. The van der Waals surface area contributed by atoms with Crippen molar-refractivity contribution in [3.05, 3.63) is 54.2 Å². The van der Waals surface area contributed by atoms with Gasteiger partial charge in [-0.1, -0.05) is 17.3 Å². The van der Waals surface area contributed by atoms with E-state index >= 15 is 0 Å². The summed E-state index contributed by atoms with van der Waals surface area (Å²) < 4.78 is 29.4. The number of ether oxygens (including phenoxy) is 2. The predicted octanol–water partition coefficient (Wildman–Crippen LogP) is 3.41. The zero-order chi connectivity index (χ0) is 19.7. The van der Waals surface area contributed by atoms with Crippen LogP contribution in [0, 0.1) is 5.82 Å². The smallest absolute Gasteiger partial charge is 0.232 e. The Morgan fingerprint density at radius 1 is 1.18 bits per heavy atom. The number of halogens is 1. The normalized spacial score (nSPS) is 16.5. The second-order valence-corrected chi connectivity index (χ2v) is 6.41. The molecule has 0 saturated carbocycles. The van der Waals surface area contributed by atoms with Gasteiger partial charge >= 0.3 is 0 Å². The number of aromatic nitrogens is 2. The Labute approximate surface area is 160 Å². The quantitative estimate of drug-likeness (QED) is 0.672. The molecule has 1 fully saturated rings. The Balaban J connectivity index is 1.59. The van der Waals surface area contributed by atoms with Gasteiger partial charge in [0.2, 0.25) is 17.6 Å². The zero-order valence-electron chi connectivity index (χ0n) is 15.4. The maximum atomic E-state index is 13.4. The van der Waals surface area contributed by atoms with Crippen LogP contribution < -0.4 is 14.4 Å². The lowest BCUT2D eigenvalue weighted by Crippen LogP contribution is -2.24. The molecule has 1 atom stereocenters. The monoisotopic (exact) mass is 383 g/mol. The van der Waals surface area contributed by atoms with Crippen molar-refractivity contribution in [3.63, 3.8) is 0 Å². The molecule has 2 aromatic carbocycles. The first kappa shape index (κ1) is 18.0. The van der Waals surface area contributed by atoms with Crippen molar-refractivity contribution < 1.29 is 23.2 Å². The van der Waals surface area contributed by atoms with E-state index in [1.54, 1.807) is 49.5 Å². The second kappa shape index (κ2) is 7.30. The first-order valence-electron chi connectivity index (χ1n) is 8.71. The molecular weight excluding hydrogens is 365 g/mol. The van der Waals surface area contributed by atoms with Gasteiger partial charge < -0.3 is 18.9 Å². The van der Waals surface area contributed by atoms with Crippen LogP contribution in [-0.4, -0.2) is 36.8 Å². The summed E-state index contributed by atoms with van der Waals surface area (Å²) in [7, 11) is 3.11. The number of amides is 1. The topological polar surface area (TPSA) is 77.7 Å². The molecular formula is C20H18FN3O4. The SMILES string of the molecule is COc1ccc(OC)c(N2CC(c3nc(-c4cccc(F)c4)no3)CC2=O)c1. The fraction of sp³-hybridized carbons (Fsp3) is 0.250. The van der Waals surface area contributed by atoms with E-state index in [0.29, 0.717) is 41.0 Å². The predicted molar refractivity (Wildman–Crippen MR) is 98.9 cm³/mol. The van der Waals surface area contributed by atoms with Gasteiger partial charge in [0, 0.05) is 24.6 Å². The molecule has 1 aromatic heterocycles. The average Bonchev–Trinajstić information content (AvgIpc) is 3.34. The van der Waals surface area contributed by atoms with Gasteiger partial charge in [0.1, 0.15) is 17.3 Å². The van der Waals surface area contributed by atoms with Crippen LogP contribution in [0.4, 0.5) is 10.1 Å². The van der Waals surface area contributed by atoms with Crippen molar-refractivity contribution in [1.82, 2.24) is 10.1 Å². The number of hydrogen-bond acceptors (Lipinski definition) is 6. The number of methoxy groups -OCH3 is 2. The van der Waals surface area contributed by atoms with Gasteiger partial charge in [0.05, 0.1) is 25.8 Å². The van der Waals surface area contributed by atoms with Crippen molar-refractivity contribution in [1.29, 1.82) is 0 Å². The summed E-state index contributed by atoms with van der Waals surface area (Å²) in [5, 5.41) is 3.93. The fourth-order valence-corrected chi connectivity index (χ4v) is 3.26. The Kier molecular flexibility index (Phi) is 4.68. The molecule has 144 valence electrons. The molecule has 7 nitrogen and oxygen atoms in total. The van der Waals surface area contributed by atoms with Gasteiger partial charge in [-0.3, -0.25) is 4.79 Å². The van der Waals surface area contributed by atoms with E-state index in [0.717, 1.165) is 0 Å². The van der Waals surface area contributed by atoms with Gasteiger partial charge in [-0.25, -0.2) is 4.39 Å². The van der Waals surface area contributed by atoms with Crippen molar-refractivity contribution in [2.75, 3.05) is 25.7 Å². The van der Waals surface area contributed by atoms with E-state index in [-0.39, 0.29) is 24.1 Å². The first-order valence-corrected chi connectivity index (χ1v) is 8.71. The van der Waals surface area contributed by atoms with Crippen LogP contribution in [0.1, 0.15) is 18.2 Å². The summed E-state index contributed by atoms with van der Waals surface area (Å²) in [5.74, 6) is 1.10. The fourth-order valence-electron chi connectivity index (χ4n) is 3.26. The molecule has 0 N–H and O–H groups in total. The molecule has 0 radical (unpaired) electrons. The number of anilines is 1. The number of nitrogens with zero attached hydrogens (tertiary/aromatic N) is 3. The molecule has 2 heterocycles. The van der Waals surface area contributed by atoms with Crippen molar-refractivity contribution >= 4 is 11.6 Å². The van der Waals surface area contributed by atoms with Gasteiger partial charge in [-0.2, -0.15) is 4.98 Å². The van der Waals surface area contributed by atoms with Gasteiger partial charge in [-0.05, 0) is 24.3 Å². The Bertz CT molecular complexity index is 1020. The van der Waals surface area contributed by atoms with Crippen LogP contribution in [0.3, 0.4) is 0 Å². The largest absolute Gasteiger partial charge is 0.497 e. The third-order valence-corrected chi connectivity index (χ3v) is 4.68. The number of benzene rings is 2. The lowest BCUT2D eigenvalue weighted by atomic mass is 10.1. The van der Waals surface area contributed by atoms with Gasteiger partial charge in [0.25, 0.3) is 0 Å². The minimum absolute atomic E-state index is 0.0814.